The first kappa shape index (κ1) is 11.5. The smallest absolute Gasteiger partial charge is 0.183 e. The lowest BCUT2D eigenvalue weighted by atomic mass is 10.0. The molecule has 4 N–H and O–H groups in total. The standard InChI is InChI=1S/C7H15NO4/c1-4(10)6(8-2)7(12)5(11)3-9/h4-6,8-11H,3H2,1-2H3/t4-,5+,6-/m1/s1. The third-order valence-electron chi connectivity index (χ3n) is 1.60. The number of ketones is 1. The highest BCUT2D eigenvalue weighted by atomic mass is 16.3. The summed E-state index contributed by atoms with van der Waals surface area (Å²) in [7, 11) is 1.50. The molecule has 0 rings (SSSR count). The summed E-state index contributed by atoms with van der Waals surface area (Å²) in [5.41, 5.74) is 0. The lowest BCUT2D eigenvalue weighted by Crippen LogP contribution is -2.48. The van der Waals surface area contributed by atoms with Gasteiger partial charge in [0.25, 0.3) is 0 Å². The average molecular weight is 177 g/mol. The van der Waals surface area contributed by atoms with E-state index in [9.17, 15) is 4.79 Å². The molecule has 0 radical (unpaired) electrons. The van der Waals surface area contributed by atoms with Crippen molar-refractivity contribution in [3.8, 4) is 0 Å². The van der Waals surface area contributed by atoms with Gasteiger partial charge in [-0.1, -0.05) is 0 Å². The maximum atomic E-state index is 11.1. The van der Waals surface area contributed by atoms with E-state index in [4.69, 9.17) is 15.3 Å². The second-order valence-corrected chi connectivity index (χ2v) is 2.61. The summed E-state index contributed by atoms with van der Waals surface area (Å²) in [6.07, 6.45) is -2.30. The van der Waals surface area contributed by atoms with Gasteiger partial charge in [0.15, 0.2) is 5.78 Å². The van der Waals surface area contributed by atoms with E-state index in [2.05, 4.69) is 5.32 Å². The molecule has 72 valence electrons. The normalized spacial score (nSPS) is 18.4. The van der Waals surface area contributed by atoms with Crippen LogP contribution < -0.4 is 5.32 Å². The SMILES string of the molecule is CN[C@@H](C(=O)[C@@H](O)CO)[C@@H](C)O. The summed E-state index contributed by atoms with van der Waals surface area (Å²) in [6, 6.07) is -0.827. The molecule has 0 aliphatic heterocycles. The molecule has 5 heteroatoms. The van der Waals surface area contributed by atoms with Crippen LogP contribution in [0.25, 0.3) is 0 Å². The minimum absolute atomic E-state index is 0.602. The van der Waals surface area contributed by atoms with Crippen LogP contribution in [0.5, 0.6) is 0 Å². The van der Waals surface area contributed by atoms with Gasteiger partial charge in [0.05, 0.1) is 18.8 Å². The molecule has 5 nitrogen and oxygen atoms in total. The van der Waals surface area contributed by atoms with Crippen molar-refractivity contribution < 1.29 is 20.1 Å². The quantitative estimate of drug-likeness (QED) is 0.385. The van der Waals surface area contributed by atoms with Crippen molar-refractivity contribution in [3.05, 3.63) is 0 Å². The largest absolute Gasteiger partial charge is 0.393 e. The molecule has 0 spiro atoms. The molecule has 0 saturated heterocycles. The van der Waals surface area contributed by atoms with Crippen molar-refractivity contribution in [3.63, 3.8) is 0 Å². The maximum absolute atomic E-state index is 11.1. The number of hydrogen-bond acceptors (Lipinski definition) is 5. The number of Topliss-reactive ketones (excluding diaryl/α,β-unsaturated/α-hetero) is 1. The maximum Gasteiger partial charge on any atom is 0.183 e. The third-order valence-corrected chi connectivity index (χ3v) is 1.60. The van der Waals surface area contributed by atoms with Crippen LogP contribution in [0.1, 0.15) is 6.92 Å². The fourth-order valence-electron chi connectivity index (χ4n) is 0.918. The van der Waals surface area contributed by atoms with E-state index >= 15 is 0 Å². The molecule has 0 aromatic carbocycles. The van der Waals surface area contributed by atoms with Crippen LogP contribution in [0.4, 0.5) is 0 Å². The Morgan fingerprint density at radius 1 is 1.50 bits per heavy atom. The van der Waals surface area contributed by atoms with Gasteiger partial charge in [0, 0.05) is 0 Å². The Hall–Kier alpha value is -0.490. The molecule has 0 aliphatic rings. The number of hydrogen-bond donors (Lipinski definition) is 4. The monoisotopic (exact) mass is 177 g/mol. The molecule has 0 fully saturated rings. The van der Waals surface area contributed by atoms with Gasteiger partial charge in [0.1, 0.15) is 6.10 Å². The van der Waals surface area contributed by atoms with E-state index in [-0.39, 0.29) is 0 Å². The lowest BCUT2D eigenvalue weighted by molar-refractivity contribution is -0.133. The summed E-state index contributed by atoms with van der Waals surface area (Å²) >= 11 is 0. The van der Waals surface area contributed by atoms with Crippen molar-refractivity contribution in [2.45, 2.75) is 25.2 Å². The van der Waals surface area contributed by atoms with Gasteiger partial charge in [-0.05, 0) is 14.0 Å². The first-order valence-electron chi connectivity index (χ1n) is 3.72. The van der Waals surface area contributed by atoms with E-state index < -0.39 is 30.6 Å². The first-order valence-corrected chi connectivity index (χ1v) is 3.72. The Morgan fingerprint density at radius 2 is 2.00 bits per heavy atom. The van der Waals surface area contributed by atoms with Gasteiger partial charge >= 0.3 is 0 Å². The topological polar surface area (TPSA) is 89.8 Å². The number of nitrogens with one attached hydrogen (secondary N) is 1. The molecule has 12 heavy (non-hydrogen) atoms. The number of aliphatic hydroxyl groups is 3. The van der Waals surface area contributed by atoms with Crippen LogP contribution in [0, 0.1) is 0 Å². The Kier molecular flexibility index (Phi) is 5.00. The minimum Gasteiger partial charge on any atom is -0.393 e. The van der Waals surface area contributed by atoms with Crippen LogP contribution >= 0.6 is 0 Å². The Morgan fingerprint density at radius 3 is 2.25 bits per heavy atom. The molecule has 0 bridgehead atoms. The molecule has 0 saturated carbocycles. The van der Waals surface area contributed by atoms with E-state index in [1.807, 2.05) is 0 Å². The highest BCUT2D eigenvalue weighted by molar-refractivity contribution is 5.88. The van der Waals surface area contributed by atoms with Crippen molar-refractivity contribution in [2.24, 2.45) is 0 Å². The number of carbonyl (C=O) groups is 1. The van der Waals surface area contributed by atoms with Crippen molar-refractivity contribution in [2.75, 3.05) is 13.7 Å². The molecule has 0 heterocycles. The summed E-state index contributed by atoms with van der Waals surface area (Å²) in [5, 5.41) is 29.0. The second-order valence-electron chi connectivity index (χ2n) is 2.61. The molecule has 0 aromatic rings. The van der Waals surface area contributed by atoms with Gasteiger partial charge in [-0.3, -0.25) is 4.79 Å². The predicted molar refractivity (Wildman–Crippen MR) is 42.6 cm³/mol. The summed E-state index contributed by atoms with van der Waals surface area (Å²) in [6.45, 7) is 0.812. The molecule has 0 aromatic heterocycles. The number of rotatable bonds is 5. The fraction of sp³-hybridized carbons (Fsp3) is 0.857. The lowest BCUT2D eigenvalue weighted by Gasteiger charge is -2.19. The molecular formula is C7H15NO4. The first-order chi connectivity index (χ1) is 5.54. The molecule has 0 amide bonds. The average Bonchev–Trinajstić information content (AvgIpc) is 2.03. The highest BCUT2D eigenvalue weighted by Gasteiger charge is 2.26. The van der Waals surface area contributed by atoms with Crippen LogP contribution in [0.3, 0.4) is 0 Å². The van der Waals surface area contributed by atoms with Gasteiger partial charge in [0.2, 0.25) is 0 Å². The zero-order chi connectivity index (χ0) is 9.72. The van der Waals surface area contributed by atoms with Crippen LogP contribution in [-0.2, 0) is 4.79 Å². The van der Waals surface area contributed by atoms with Gasteiger partial charge in [-0.2, -0.15) is 0 Å². The Labute approximate surface area is 71.0 Å². The number of aliphatic hydroxyl groups excluding tert-OH is 3. The fourth-order valence-corrected chi connectivity index (χ4v) is 0.918. The van der Waals surface area contributed by atoms with Gasteiger partial charge in [-0.15, -0.1) is 0 Å². The van der Waals surface area contributed by atoms with E-state index in [0.717, 1.165) is 0 Å². The van der Waals surface area contributed by atoms with Crippen LogP contribution in [0.15, 0.2) is 0 Å². The zero-order valence-corrected chi connectivity index (χ0v) is 7.19. The second kappa shape index (κ2) is 5.21. The van der Waals surface area contributed by atoms with Crippen molar-refractivity contribution in [1.82, 2.24) is 5.32 Å². The van der Waals surface area contributed by atoms with E-state index in [1.54, 1.807) is 0 Å². The summed E-state index contributed by atoms with van der Waals surface area (Å²) in [4.78, 5) is 11.1. The Bertz CT molecular complexity index is 148. The molecule has 3 atom stereocenters. The minimum atomic E-state index is -1.42. The van der Waals surface area contributed by atoms with Gasteiger partial charge < -0.3 is 20.6 Å². The molecule has 0 aliphatic carbocycles. The Balaban J connectivity index is 4.21. The molecular weight excluding hydrogens is 162 g/mol. The van der Waals surface area contributed by atoms with Gasteiger partial charge in [-0.25, -0.2) is 0 Å². The number of carbonyl (C=O) groups excluding carboxylic acids is 1. The van der Waals surface area contributed by atoms with Crippen LogP contribution in [0.2, 0.25) is 0 Å². The number of likely N-dealkylation sites (N-methyl/N-ethyl adjacent to an activating group) is 1. The van der Waals surface area contributed by atoms with E-state index in [1.165, 1.54) is 14.0 Å². The van der Waals surface area contributed by atoms with Crippen molar-refractivity contribution in [1.29, 1.82) is 0 Å². The summed E-state index contributed by atoms with van der Waals surface area (Å²) in [5.74, 6) is -0.602. The van der Waals surface area contributed by atoms with Crippen molar-refractivity contribution >= 4 is 5.78 Å². The summed E-state index contributed by atoms with van der Waals surface area (Å²) < 4.78 is 0. The van der Waals surface area contributed by atoms with Crippen LogP contribution in [-0.4, -0.2) is 53.0 Å². The molecule has 0 unspecified atom stereocenters. The zero-order valence-electron chi connectivity index (χ0n) is 7.19. The van der Waals surface area contributed by atoms with E-state index in [0.29, 0.717) is 0 Å². The third kappa shape index (κ3) is 2.86. The predicted octanol–water partition coefficient (Wildman–Crippen LogP) is -2.12. The highest BCUT2D eigenvalue weighted by Crippen LogP contribution is 1.97.